The molecule has 84 valence electrons. The number of carbonyl (C=O) groups excluding carboxylic acids is 1. The largest absolute Gasteiger partial charge is 0.481 e. The molecule has 0 aliphatic heterocycles. The van der Waals surface area contributed by atoms with E-state index in [-0.39, 0.29) is 6.42 Å². The van der Waals surface area contributed by atoms with E-state index in [9.17, 15) is 13.9 Å². The summed E-state index contributed by atoms with van der Waals surface area (Å²) in [6.45, 7) is 1.28. The zero-order valence-electron chi connectivity index (χ0n) is 7.14. The van der Waals surface area contributed by atoms with Crippen LogP contribution < -0.4 is 0 Å². The van der Waals surface area contributed by atoms with Crippen molar-refractivity contribution in [1.29, 1.82) is 0 Å². The zero-order chi connectivity index (χ0) is 11.4. The van der Waals surface area contributed by atoms with Crippen LogP contribution in [0, 0.1) is 0 Å². The highest BCUT2D eigenvalue weighted by Crippen LogP contribution is 2.58. The van der Waals surface area contributed by atoms with Gasteiger partial charge in [0.05, 0.1) is 6.10 Å². The Bertz CT molecular complexity index is 281. The maximum Gasteiger partial charge on any atom is 0.481 e. The van der Waals surface area contributed by atoms with Crippen molar-refractivity contribution in [2.75, 3.05) is 0 Å². The molecule has 0 aromatic carbocycles. The quantitative estimate of drug-likeness (QED) is 0.448. The second-order valence-corrected chi connectivity index (χ2v) is 5.14. The van der Waals surface area contributed by atoms with Gasteiger partial charge in [0.25, 0.3) is 0 Å². The van der Waals surface area contributed by atoms with E-state index in [1.54, 1.807) is 0 Å². The Morgan fingerprint density at radius 2 is 1.86 bits per heavy atom. The van der Waals surface area contributed by atoms with Gasteiger partial charge in [-0.05, 0) is 6.92 Å². The highest BCUT2D eigenvalue weighted by atomic mass is 31.3. The number of phosphoric acid groups is 2. The predicted octanol–water partition coefficient (Wildman–Crippen LogP) is 0.190. The van der Waals surface area contributed by atoms with Crippen LogP contribution in [0.25, 0.3) is 0 Å². The van der Waals surface area contributed by atoms with E-state index in [0.29, 0.717) is 6.29 Å². The molecule has 0 bridgehead atoms. The maximum atomic E-state index is 10.8. The Labute approximate surface area is 79.7 Å². The average Bonchev–Trinajstić information content (AvgIpc) is 1.78. The van der Waals surface area contributed by atoms with Crippen LogP contribution in [-0.4, -0.2) is 27.1 Å². The Hall–Kier alpha value is -0.0700. The van der Waals surface area contributed by atoms with Gasteiger partial charge in [-0.3, -0.25) is 4.52 Å². The van der Waals surface area contributed by atoms with Gasteiger partial charge in [0.15, 0.2) is 0 Å². The Balaban J connectivity index is 4.27. The summed E-state index contributed by atoms with van der Waals surface area (Å²) in [5.74, 6) is 0. The molecule has 0 amide bonds. The first-order chi connectivity index (χ1) is 6.16. The lowest BCUT2D eigenvalue weighted by molar-refractivity contribution is -0.109. The van der Waals surface area contributed by atoms with E-state index in [0.717, 1.165) is 0 Å². The third kappa shape index (κ3) is 7.34. The fourth-order valence-corrected chi connectivity index (χ4v) is 2.33. The van der Waals surface area contributed by atoms with Crippen LogP contribution in [0.3, 0.4) is 0 Å². The summed E-state index contributed by atoms with van der Waals surface area (Å²) in [6, 6.07) is 0. The van der Waals surface area contributed by atoms with Crippen molar-refractivity contribution < 1.29 is 37.4 Å². The average molecular weight is 248 g/mol. The molecule has 0 fully saturated rings. The number of hydrogen-bond acceptors (Lipinski definition) is 5. The second-order valence-electron chi connectivity index (χ2n) is 2.36. The summed E-state index contributed by atoms with van der Waals surface area (Å²) in [6.07, 6.45) is -0.716. The van der Waals surface area contributed by atoms with Crippen molar-refractivity contribution in [3.8, 4) is 0 Å². The van der Waals surface area contributed by atoms with Crippen LogP contribution in [0.5, 0.6) is 0 Å². The first-order valence-corrected chi connectivity index (χ1v) is 6.40. The first kappa shape index (κ1) is 13.9. The van der Waals surface area contributed by atoms with Gasteiger partial charge in [0.1, 0.15) is 6.29 Å². The lowest BCUT2D eigenvalue weighted by Gasteiger charge is -2.15. The summed E-state index contributed by atoms with van der Waals surface area (Å²) in [7, 11) is -9.91. The van der Waals surface area contributed by atoms with E-state index in [1.165, 1.54) is 6.92 Å². The third-order valence-electron chi connectivity index (χ3n) is 0.951. The smallest absolute Gasteiger partial charge is 0.303 e. The summed E-state index contributed by atoms with van der Waals surface area (Å²) in [4.78, 5) is 35.1. The van der Waals surface area contributed by atoms with E-state index >= 15 is 0 Å². The third-order valence-corrected chi connectivity index (χ3v) is 3.25. The second kappa shape index (κ2) is 5.14. The number of aldehydes is 1. The Kier molecular flexibility index (Phi) is 5.11. The highest BCUT2D eigenvalue weighted by Gasteiger charge is 2.33. The first-order valence-electron chi connectivity index (χ1n) is 3.38. The summed E-state index contributed by atoms with van der Waals surface area (Å²) < 4.78 is 28.7. The van der Waals surface area contributed by atoms with Crippen molar-refractivity contribution >= 4 is 21.9 Å². The van der Waals surface area contributed by atoms with Gasteiger partial charge in [-0.15, -0.1) is 0 Å². The lowest BCUT2D eigenvalue weighted by atomic mass is 10.3. The molecule has 0 saturated carbocycles. The number of phosphoric ester groups is 1. The monoisotopic (exact) mass is 248 g/mol. The molecule has 0 aliphatic carbocycles. The molecule has 0 saturated heterocycles. The summed E-state index contributed by atoms with van der Waals surface area (Å²) in [5, 5.41) is 0. The number of carbonyl (C=O) groups is 1. The minimum absolute atomic E-state index is 0.185. The molecule has 0 aliphatic rings. The van der Waals surface area contributed by atoms with Crippen LogP contribution in [0.1, 0.15) is 13.3 Å². The molecule has 8 nitrogen and oxygen atoms in total. The minimum atomic E-state index is -5.09. The van der Waals surface area contributed by atoms with Crippen LogP contribution in [0.15, 0.2) is 0 Å². The molecular weight excluding hydrogens is 238 g/mol. The van der Waals surface area contributed by atoms with Gasteiger partial charge in [-0.25, -0.2) is 9.13 Å². The molecule has 0 aromatic rings. The maximum absolute atomic E-state index is 10.8. The lowest BCUT2D eigenvalue weighted by Crippen LogP contribution is -2.07. The van der Waals surface area contributed by atoms with Crippen LogP contribution in [-0.2, 0) is 22.8 Å². The van der Waals surface area contributed by atoms with Crippen molar-refractivity contribution in [3.63, 3.8) is 0 Å². The molecule has 0 spiro atoms. The fraction of sp³-hybridized carbons (Fsp3) is 0.750. The molecule has 0 heterocycles. The van der Waals surface area contributed by atoms with Gasteiger partial charge in [-0.1, -0.05) is 0 Å². The molecular formula is C4H10O8P2. The molecule has 0 radical (unpaired) electrons. The fourth-order valence-electron chi connectivity index (χ4n) is 0.560. The van der Waals surface area contributed by atoms with Crippen LogP contribution >= 0.6 is 15.6 Å². The SMILES string of the molecule is CC(CC=O)OP(=O)(O)OP(=O)(O)O. The topological polar surface area (TPSA) is 130 Å². The van der Waals surface area contributed by atoms with Crippen LogP contribution in [0.2, 0.25) is 0 Å². The van der Waals surface area contributed by atoms with E-state index in [1.807, 2.05) is 0 Å². The Morgan fingerprint density at radius 1 is 1.36 bits per heavy atom. The van der Waals surface area contributed by atoms with E-state index in [2.05, 4.69) is 8.83 Å². The Morgan fingerprint density at radius 3 is 2.21 bits per heavy atom. The van der Waals surface area contributed by atoms with Crippen molar-refractivity contribution in [2.45, 2.75) is 19.4 Å². The van der Waals surface area contributed by atoms with Crippen molar-refractivity contribution in [3.05, 3.63) is 0 Å². The molecule has 0 rings (SSSR count). The molecule has 10 heteroatoms. The van der Waals surface area contributed by atoms with Crippen LogP contribution in [0.4, 0.5) is 0 Å². The molecule has 2 unspecified atom stereocenters. The molecule has 14 heavy (non-hydrogen) atoms. The molecule has 2 atom stereocenters. The van der Waals surface area contributed by atoms with Gasteiger partial charge in [0, 0.05) is 6.42 Å². The normalized spacial score (nSPS) is 18.6. The van der Waals surface area contributed by atoms with Crippen molar-refractivity contribution in [2.24, 2.45) is 0 Å². The standard InChI is InChI=1S/C4H10O8P2/c1-4(2-3-5)11-14(9,10)12-13(6,7)8/h3-4H,2H2,1H3,(H,9,10)(H2,6,7,8). The zero-order valence-corrected chi connectivity index (χ0v) is 8.93. The van der Waals surface area contributed by atoms with Crippen molar-refractivity contribution in [1.82, 2.24) is 0 Å². The molecule has 0 aromatic heterocycles. The van der Waals surface area contributed by atoms with Gasteiger partial charge < -0.3 is 19.5 Å². The number of rotatable bonds is 6. The van der Waals surface area contributed by atoms with E-state index < -0.39 is 21.7 Å². The summed E-state index contributed by atoms with van der Waals surface area (Å²) >= 11 is 0. The van der Waals surface area contributed by atoms with Gasteiger partial charge in [0.2, 0.25) is 0 Å². The summed E-state index contributed by atoms with van der Waals surface area (Å²) in [5.41, 5.74) is 0. The molecule has 3 N–H and O–H groups in total. The predicted molar refractivity (Wildman–Crippen MR) is 44.2 cm³/mol. The van der Waals surface area contributed by atoms with Gasteiger partial charge >= 0.3 is 15.6 Å². The highest BCUT2D eigenvalue weighted by molar-refractivity contribution is 7.60. The van der Waals surface area contributed by atoms with Gasteiger partial charge in [-0.2, -0.15) is 4.31 Å². The van der Waals surface area contributed by atoms with E-state index in [4.69, 9.17) is 14.7 Å². The number of hydrogen-bond donors (Lipinski definition) is 3. The minimum Gasteiger partial charge on any atom is -0.303 e.